The maximum absolute atomic E-state index is 13.2. The summed E-state index contributed by atoms with van der Waals surface area (Å²) in [6.07, 6.45) is 8.96. The fraction of sp³-hybridized carbons (Fsp3) is 0.0455. The number of amides is 1. The summed E-state index contributed by atoms with van der Waals surface area (Å²) in [6, 6.07) is 16.9. The molecule has 0 spiro atoms. The summed E-state index contributed by atoms with van der Waals surface area (Å²) < 4.78 is 0. The Labute approximate surface area is 166 Å². The molecule has 0 aliphatic heterocycles. The Balaban J connectivity index is 1.77. The molecule has 4 aromatic rings. The van der Waals surface area contributed by atoms with Crippen LogP contribution >= 0.6 is 11.3 Å². The van der Waals surface area contributed by atoms with Gasteiger partial charge < -0.3 is 5.73 Å². The van der Waals surface area contributed by atoms with E-state index in [1.165, 1.54) is 11.3 Å². The number of fused-ring (bicyclic) bond motifs is 1. The van der Waals surface area contributed by atoms with Gasteiger partial charge in [0.25, 0.3) is 5.91 Å². The highest BCUT2D eigenvalue weighted by molar-refractivity contribution is 7.21. The third-order valence-electron chi connectivity index (χ3n) is 4.31. The normalized spacial score (nSPS) is 10.5. The van der Waals surface area contributed by atoms with E-state index in [9.17, 15) is 4.79 Å². The summed E-state index contributed by atoms with van der Waals surface area (Å²) in [4.78, 5) is 24.7. The second-order valence-corrected chi connectivity index (χ2v) is 7.07. The minimum Gasteiger partial charge on any atom is -0.397 e. The molecule has 0 fully saturated rings. The van der Waals surface area contributed by atoms with Crippen LogP contribution in [0.2, 0.25) is 0 Å². The van der Waals surface area contributed by atoms with Crippen LogP contribution < -0.4 is 10.6 Å². The summed E-state index contributed by atoms with van der Waals surface area (Å²) in [5.41, 5.74) is 9.14. The van der Waals surface area contributed by atoms with Crippen LogP contribution in [0.25, 0.3) is 21.5 Å². The molecule has 0 radical (unpaired) electrons. The second kappa shape index (κ2) is 7.51. The molecule has 1 amide bonds. The first-order valence-corrected chi connectivity index (χ1v) is 9.40. The number of terminal acetylenes is 1. The molecule has 5 nitrogen and oxygen atoms in total. The molecular weight excluding hydrogens is 368 g/mol. The van der Waals surface area contributed by atoms with E-state index in [1.54, 1.807) is 17.3 Å². The number of hydrogen-bond acceptors (Lipinski definition) is 5. The van der Waals surface area contributed by atoms with Crippen molar-refractivity contribution in [2.75, 3.05) is 17.2 Å². The van der Waals surface area contributed by atoms with Gasteiger partial charge in [0.15, 0.2) is 0 Å². The van der Waals surface area contributed by atoms with E-state index in [-0.39, 0.29) is 12.5 Å². The highest BCUT2D eigenvalue weighted by atomic mass is 32.1. The molecule has 0 atom stereocenters. The summed E-state index contributed by atoms with van der Waals surface area (Å²) >= 11 is 1.27. The van der Waals surface area contributed by atoms with Gasteiger partial charge in [-0.25, -0.2) is 4.98 Å². The van der Waals surface area contributed by atoms with Gasteiger partial charge in [-0.3, -0.25) is 14.7 Å². The van der Waals surface area contributed by atoms with Crippen molar-refractivity contribution >= 4 is 38.8 Å². The van der Waals surface area contributed by atoms with Crippen LogP contribution in [0.3, 0.4) is 0 Å². The van der Waals surface area contributed by atoms with Crippen LogP contribution in [0.15, 0.2) is 67.0 Å². The van der Waals surface area contributed by atoms with E-state index in [1.807, 2.05) is 54.6 Å². The minimum atomic E-state index is -0.229. The van der Waals surface area contributed by atoms with E-state index >= 15 is 0 Å². The van der Waals surface area contributed by atoms with E-state index in [2.05, 4.69) is 15.9 Å². The molecule has 6 heteroatoms. The van der Waals surface area contributed by atoms with Crippen LogP contribution in [0.4, 0.5) is 11.4 Å². The predicted molar refractivity (Wildman–Crippen MR) is 114 cm³/mol. The minimum absolute atomic E-state index is 0.158. The van der Waals surface area contributed by atoms with Crippen molar-refractivity contribution in [3.63, 3.8) is 0 Å². The van der Waals surface area contributed by atoms with Gasteiger partial charge in [0.1, 0.15) is 9.71 Å². The summed E-state index contributed by atoms with van der Waals surface area (Å²) in [5.74, 6) is 2.32. The number of anilines is 2. The number of aromatic nitrogens is 2. The quantitative estimate of drug-likeness (QED) is 0.535. The molecule has 0 aliphatic carbocycles. The Bertz CT molecular complexity index is 1180. The van der Waals surface area contributed by atoms with Gasteiger partial charge in [0.2, 0.25) is 0 Å². The highest BCUT2D eigenvalue weighted by Crippen LogP contribution is 2.35. The van der Waals surface area contributed by atoms with E-state index in [0.717, 1.165) is 22.3 Å². The molecular formula is C22H16N4OS. The van der Waals surface area contributed by atoms with Crippen molar-refractivity contribution in [2.24, 2.45) is 0 Å². The van der Waals surface area contributed by atoms with E-state index < -0.39 is 0 Å². The topological polar surface area (TPSA) is 72.1 Å². The Morgan fingerprint density at radius 3 is 2.68 bits per heavy atom. The first-order valence-electron chi connectivity index (χ1n) is 8.59. The number of carbonyl (C=O) groups is 1. The number of hydrogen-bond donors (Lipinski definition) is 1. The van der Waals surface area contributed by atoms with Crippen LogP contribution in [-0.2, 0) is 0 Å². The lowest BCUT2D eigenvalue weighted by Gasteiger charge is -2.19. The van der Waals surface area contributed by atoms with Gasteiger partial charge >= 0.3 is 0 Å². The van der Waals surface area contributed by atoms with Crippen molar-refractivity contribution in [1.82, 2.24) is 9.97 Å². The molecule has 136 valence electrons. The van der Waals surface area contributed by atoms with Crippen LogP contribution in [0.1, 0.15) is 9.67 Å². The van der Waals surface area contributed by atoms with E-state index in [4.69, 9.17) is 12.2 Å². The van der Waals surface area contributed by atoms with Crippen molar-refractivity contribution in [2.45, 2.75) is 0 Å². The third-order valence-corrected chi connectivity index (χ3v) is 5.41. The zero-order valence-corrected chi connectivity index (χ0v) is 15.7. The molecule has 0 aliphatic rings. The predicted octanol–water partition coefficient (Wildman–Crippen LogP) is 4.22. The molecule has 2 N–H and O–H groups in total. The lowest BCUT2D eigenvalue weighted by molar-refractivity contribution is 0.0995. The number of pyridine rings is 2. The Morgan fingerprint density at radius 1 is 1.14 bits per heavy atom. The maximum atomic E-state index is 13.2. The monoisotopic (exact) mass is 384 g/mol. The number of carbonyl (C=O) groups excluding carboxylic acids is 1. The number of para-hydroxylation sites is 1. The largest absolute Gasteiger partial charge is 0.397 e. The Kier molecular flexibility index (Phi) is 4.75. The summed E-state index contributed by atoms with van der Waals surface area (Å²) in [7, 11) is 0. The molecule has 4 rings (SSSR count). The Morgan fingerprint density at radius 2 is 1.96 bits per heavy atom. The number of thiophene rings is 1. The number of nitrogen functional groups attached to an aromatic ring is 1. The summed E-state index contributed by atoms with van der Waals surface area (Å²) in [6.45, 7) is 0.158. The van der Waals surface area contributed by atoms with Crippen molar-refractivity contribution in [3.05, 3.63) is 71.9 Å². The molecule has 0 saturated carbocycles. The van der Waals surface area contributed by atoms with Gasteiger partial charge in [-0.2, -0.15) is 0 Å². The SMILES string of the molecule is C#CCN(C(=O)c1sc2nc(-c3cccnc3)ccc2c1N)c1ccccc1. The standard InChI is InChI=1S/C22H16N4OS/c1-2-13-26(16-8-4-3-5-9-16)22(27)20-19(23)17-10-11-18(25-21(17)28-20)15-7-6-12-24-14-15/h1,3-12,14H,13,23H2. The smallest absolute Gasteiger partial charge is 0.271 e. The van der Waals surface area contributed by atoms with Crippen molar-refractivity contribution in [1.29, 1.82) is 0 Å². The number of rotatable bonds is 4. The molecule has 3 aromatic heterocycles. The molecule has 1 aromatic carbocycles. The van der Waals surface area contributed by atoms with Gasteiger partial charge in [0.05, 0.1) is 17.9 Å². The zero-order valence-electron chi connectivity index (χ0n) is 14.9. The number of nitrogens with zero attached hydrogens (tertiary/aromatic N) is 3. The van der Waals surface area contributed by atoms with Crippen LogP contribution in [0.5, 0.6) is 0 Å². The lowest BCUT2D eigenvalue weighted by atomic mass is 10.1. The summed E-state index contributed by atoms with van der Waals surface area (Å²) in [5, 5.41) is 0.759. The fourth-order valence-electron chi connectivity index (χ4n) is 2.93. The zero-order chi connectivity index (χ0) is 19.5. The average molecular weight is 384 g/mol. The molecule has 28 heavy (non-hydrogen) atoms. The van der Waals surface area contributed by atoms with Crippen LogP contribution in [-0.4, -0.2) is 22.4 Å². The third kappa shape index (κ3) is 3.20. The van der Waals surface area contributed by atoms with Crippen molar-refractivity contribution < 1.29 is 4.79 Å². The fourth-order valence-corrected chi connectivity index (χ4v) is 3.98. The van der Waals surface area contributed by atoms with E-state index in [0.29, 0.717) is 15.4 Å². The maximum Gasteiger partial charge on any atom is 0.271 e. The number of benzene rings is 1. The molecule has 0 unspecified atom stereocenters. The van der Waals surface area contributed by atoms with Gasteiger partial charge in [-0.15, -0.1) is 17.8 Å². The van der Waals surface area contributed by atoms with Gasteiger partial charge in [0, 0.05) is 29.0 Å². The van der Waals surface area contributed by atoms with Crippen molar-refractivity contribution in [3.8, 4) is 23.6 Å². The molecule has 0 bridgehead atoms. The first kappa shape index (κ1) is 17.7. The highest BCUT2D eigenvalue weighted by Gasteiger charge is 2.23. The lowest BCUT2D eigenvalue weighted by Crippen LogP contribution is -2.31. The average Bonchev–Trinajstić information content (AvgIpc) is 3.09. The molecule has 0 saturated heterocycles. The van der Waals surface area contributed by atoms with Gasteiger partial charge in [-0.1, -0.05) is 24.1 Å². The molecule has 3 heterocycles. The first-order chi connectivity index (χ1) is 13.7. The van der Waals surface area contributed by atoms with Gasteiger partial charge in [-0.05, 0) is 36.4 Å². The second-order valence-electron chi connectivity index (χ2n) is 6.07. The number of nitrogens with two attached hydrogens (primary N) is 1. The Hall–Kier alpha value is -3.69. The van der Waals surface area contributed by atoms with Crippen LogP contribution in [0, 0.1) is 12.3 Å².